The van der Waals surface area contributed by atoms with E-state index in [-0.39, 0.29) is 17.7 Å². The highest BCUT2D eigenvalue weighted by Gasteiger charge is 2.14. The van der Waals surface area contributed by atoms with Crippen molar-refractivity contribution in [2.45, 2.75) is 18.1 Å². The molecule has 0 aliphatic heterocycles. The van der Waals surface area contributed by atoms with Crippen molar-refractivity contribution in [1.29, 1.82) is 0 Å². The van der Waals surface area contributed by atoms with Gasteiger partial charge < -0.3 is 10.1 Å². The highest BCUT2D eigenvalue weighted by molar-refractivity contribution is 7.99. The number of benzene rings is 3. The van der Waals surface area contributed by atoms with Gasteiger partial charge in [0.25, 0.3) is 0 Å². The topological polar surface area (TPSA) is 79.9 Å². The molecule has 1 atom stereocenters. The normalized spacial score (nSPS) is 11.9. The van der Waals surface area contributed by atoms with Crippen molar-refractivity contribution < 1.29 is 9.53 Å². The average molecular weight is 419 g/mol. The van der Waals surface area contributed by atoms with E-state index < -0.39 is 0 Å². The Morgan fingerprint density at radius 2 is 1.87 bits per heavy atom. The molecular weight excluding hydrogens is 396 g/mol. The number of ether oxygens (including phenoxy) is 1. The molecule has 1 heterocycles. The third kappa shape index (κ3) is 4.46. The Bertz CT molecular complexity index is 1150. The summed E-state index contributed by atoms with van der Waals surface area (Å²) in [6.07, 6.45) is 0. The van der Waals surface area contributed by atoms with Crippen LogP contribution in [0.5, 0.6) is 5.75 Å². The van der Waals surface area contributed by atoms with Crippen LogP contribution in [0.15, 0.2) is 71.9 Å². The summed E-state index contributed by atoms with van der Waals surface area (Å²) >= 11 is 1.30. The second-order valence-corrected chi connectivity index (χ2v) is 7.78. The lowest BCUT2D eigenvalue weighted by molar-refractivity contribution is -0.119. The van der Waals surface area contributed by atoms with Crippen LogP contribution in [0, 0.1) is 0 Å². The third-order valence-electron chi connectivity index (χ3n) is 4.83. The van der Waals surface area contributed by atoms with Gasteiger partial charge in [-0.3, -0.25) is 9.89 Å². The number of aromatic amines is 1. The maximum atomic E-state index is 12.5. The van der Waals surface area contributed by atoms with Gasteiger partial charge in [0, 0.05) is 5.56 Å². The molecule has 7 heteroatoms. The molecule has 0 saturated carbocycles. The van der Waals surface area contributed by atoms with Gasteiger partial charge in [-0.05, 0) is 47.5 Å². The van der Waals surface area contributed by atoms with Crippen molar-refractivity contribution in [3.05, 3.63) is 72.3 Å². The van der Waals surface area contributed by atoms with Crippen LogP contribution in [0.2, 0.25) is 0 Å². The zero-order valence-electron chi connectivity index (χ0n) is 16.8. The predicted octanol–water partition coefficient (Wildman–Crippen LogP) is 4.60. The molecule has 0 bridgehead atoms. The summed E-state index contributed by atoms with van der Waals surface area (Å²) in [4.78, 5) is 16.9. The van der Waals surface area contributed by atoms with Gasteiger partial charge in [0.15, 0.2) is 5.82 Å². The summed E-state index contributed by atoms with van der Waals surface area (Å²) in [5, 5.41) is 13.0. The zero-order chi connectivity index (χ0) is 20.9. The number of fused-ring (bicyclic) bond motifs is 1. The van der Waals surface area contributed by atoms with E-state index in [2.05, 4.69) is 44.8 Å². The molecule has 0 radical (unpaired) electrons. The minimum atomic E-state index is -0.0915. The summed E-state index contributed by atoms with van der Waals surface area (Å²) < 4.78 is 5.17. The molecule has 0 saturated heterocycles. The predicted molar refractivity (Wildman–Crippen MR) is 120 cm³/mol. The van der Waals surface area contributed by atoms with Crippen molar-refractivity contribution in [2.75, 3.05) is 12.9 Å². The number of hydrogen-bond acceptors (Lipinski definition) is 5. The number of aromatic nitrogens is 3. The lowest BCUT2D eigenvalue weighted by atomic mass is 10.00. The molecule has 4 aromatic rings. The molecular formula is C23H22N4O2S. The van der Waals surface area contributed by atoms with E-state index in [4.69, 9.17) is 4.74 Å². The quantitative estimate of drug-likeness (QED) is 0.429. The number of carbonyl (C=O) groups is 1. The van der Waals surface area contributed by atoms with Crippen LogP contribution in [0.1, 0.15) is 18.5 Å². The van der Waals surface area contributed by atoms with Crippen molar-refractivity contribution in [1.82, 2.24) is 20.5 Å². The van der Waals surface area contributed by atoms with Crippen LogP contribution in [0.3, 0.4) is 0 Å². The number of methoxy groups -OCH3 is 1. The number of hydrogen-bond donors (Lipinski definition) is 2. The van der Waals surface area contributed by atoms with E-state index in [1.165, 1.54) is 11.8 Å². The Labute approximate surface area is 179 Å². The van der Waals surface area contributed by atoms with Gasteiger partial charge in [0.05, 0.1) is 18.9 Å². The van der Waals surface area contributed by atoms with Gasteiger partial charge >= 0.3 is 0 Å². The monoisotopic (exact) mass is 418 g/mol. The Morgan fingerprint density at radius 3 is 2.67 bits per heavy atom. The molecule has 6 nitrogen and oxygen atoms in total. The fraction of sp³-hybridized carbons (Fsp3) is 0.174. The minimum absolute atomic E-state index is 0.0590. The average Bonchev–Trinajstić information content (AvgIpc) is 3.26. The highest BCUT2D eigenvalue weighted by Crippen LogP contribution is 2.25. The standard InChI is InChI=1S/C23H22N4O2S/c1-15(19-9-5-7-16-6-3-4-8-20(16)19)24-21(28)14-30-23-25-22(26-27-23)17-10-12-18(29-2)13-11-17/h3-13,15H,14H2,1-2H3,(H,24,28)(H,25,26,27)/t15-/m1/s1. The van der Waals surface area contributed by atoms with Gasteiger partial charge in [-0.15, -0.1) is 5.10 Å². The molecule has 0 spiro atoms. The Morgan fingerprint density at radius 1 is 1.10 bits per heavy atom. The maximum Gasteiger partial charge on any atom is 0.230 e. The van der Waals surface area contributed by atoms with E-state index in [9.17, 15) is 4.79 Å². The lowest BCUT2D eigenvalue weighted by Crippen LogP contribution is -2.28. The molecule has 30 heavy (non-hydrogen) atoms. The number of amides is 1. The van der Waals surface area contributed by atoms with Gasteiger partial charge in [-0.1, -0.05) is 54.2 Å². The Kier molecular flexibility index (Phi) is 5.99. The number of carbonyl (C=O) groups excluding carboxylic acids is 1. The van der Waals surface area contributed by atoms with Gasteiger partial charge in [0.1, 0.15) is 5.75 Å². The molecule has 1 aromatic heterocycles. The number of thioether (sulfide) groups is 1. The maximum absolute atomic E-state index is 12.5. The molecule has 2 N–H and O–H groups in total. The number of H-pyrrole nitrogens is 1. The van der Waals surface area contributed by atoms with Crippen molar-refractivity contribution in [3.8, 4) is 17.1 Å². The van der Waals surface area contributed by atoms with E-state index in [1.54, 1.807) is 7.11 Å². The third-order valence-corrected chi connectivity index (χ3v) is 5.68. The number of nitrogens with one attached hydrogen (secondary N) is 2. The zero-order valence-corrected chi connectivity index (χ0v) is 17.6. The SMILES string of the molecule is COc1ccc(-c2nc(SCC(=O)N[C@H](C)c3cccc4ccccc34)n[nH]2)cc1. The van der Waals surface area contributed by atoms with Gasteiger partial charge in [-0.25, -0.2) is 4.98 Å². The number of nitrogens with zero attached hydrogens (tertiary/aromatic N) is 2. The first-order valence-corrected chi connectivity index (χ1v) is 10.6. The van der Waals surface area contributed by atoms with Crippen LogP contribution in [-0.4, -0.2) is 34.0 Å². The first-order chi connectivity index (χ1) is 14.6. The Hall–Kier alpha value is -3.32. The van der Waals surface area contributed by atoms with Crippen molar-refractivity contribution in [3.63, 3.8) is 0 Å². The van der Waals surface area contributed by atoms with Crippen LogP contribution < -0.4 is 10.1 Å². The summed E-state index contributed by atoms with van der Waals surface area (Å²) in [6, 6.07) is 21.8. The molecule has 4 rings (SSSR count). The summed E-state index contributed by atoms with van der Waals surface area (Å²) in [6.45, 7) is 2.00. The van der Waals surface area contributed by atoms with Crippen molar-refractivity contribution >= 4 is 28.4 Å². The molecule has 1 amide bonds. The summed E-state index contributed by atoms with van der Waals surface area (Å²) in [7, 11) is 1.63. The summed E-state index contributed by atoms with van der Waals surface area (Å²) in [5.74, 6) is 1.63. The van der Waals surface area contributed by atoms with E-state index in [0.717, 1.165) is 27.6 Å². The summed E-state index contributed by atoms with van der Waals surface area (Å²) in [5.41, 5.74) is 2.01. The van der Waals surface area contributed by atoms with Gasteiger partial charge in [-0.2, -0.15) is 0 Å². The fourth-order valence-electron chi connectivity index (χ4n) is 3.31. The molecule has 0 fully saturated rings. The first-order valence-electron chi connectivity index (χ1n) is 9.60. The second-order valence-electron chi connectivity index (χ2n) is 6.84. The molecule has 3 aromatic carbocycles. The fourth-order valence-corrected chi connectivity index (χ4v) is 3.92. The molecule has 0 aliphatic carbocycles. The molecule has 0 aliphatic rings. The Balaban J connectivity index is 1.36. The first kappa shape index (κ1) is 20.0. The second kappa shape index (κ2) is 9.00. The van der Waals surface area contributed by atoms with Crippen LogP contribution in [0.4, 0.5) is 0 Å². The van der Waals surface area contributed by atoms with Crippen LogP contribution in [0.25, 0.3) is 22.2 Å². The van der Waals surface area contributed by atoms with Crippen molar-refractivity contribution in [2.24, 2.45) is 0 Å². The number of rotatable bonds is 7. The largest absolute Gasteiger partial charge is 0.497 e. The van der Waals surface area contributed by atoms with Crippen LogP contribution in [-0.2, 0) is 4.79 Å². The van der Waals surface area contributed by atoms with E-state index in [0.29, 0.717) is 11.0 Å². The smallest absolute Gasteiger partial charge is 0.230 e. The van der Waals surface area contributed by atoms with Crippen LogP contribution >= 0.6 is 11.8 Å². The van der Waals surface area contributed by atoms with E-state index >= 15 is 0 Å². The minimum Gasteiger partial charge on any atom is -0.497 e. The highest BCUT2D eigenvalue weighted by atomic mass is 32.2. The molecule has 152 valence electrons. The molecule has 0 unspecified atom stereocenters. The van der Waals surface area contributed by atoms with E-state index in [1.807, 2.05) is 49.4 Å². The lowest BCUT2D eigenvalue weighted by Gasteiger charge is -2.16. The van der Waals surface area contributed by atoms with Gasteiger partial charge in [0.2, 0.25) is 11.1 Å².